The lowest BCUT2D eigenvalue weighted by atomic mass is 9.94. The first-order valence-corrected chi connectivity index (χ1v) is 4.97. The Morgan fingerprint density at radius 2 is 2.13 bits per heavy atom. The van der Waals surface area contributed by atoms with E-state index in [4.69, 9.17) is 10.5 Å². The summed E-state index contributed by atoms with van der Waals surface area (Å²) in [5.74, 6) is 0.808. The molecule has 0 saturated heterocycles. The van der Waals surface area contributed by atoms with Crippen LogP contribution in [-0.2, 0) is 6.42 Å². The predicted molar refractivity (Wildman–Crippen MR) is 60.0 cm³/mol. The molecule has 84 valence electrons. The summed E-state index contributed by atoms with van der Waals surface area (Å²) >= 11 is 0. The minimum Gasteiger partial charge on any atom is -0.496 e. The normalized spacial score (nSPS) is 14.7. The lowest BCUT2D eigenvalue weighted by Gasteiger charge is -2.22. The molecular formula is C12H18FNO. The number of ether oxygens (including phenoxy) is 1. The van der Waals surface area contributed by atoms with E-state index in [0.29, 0.717) is 6.42 Å². The molecule has 0 saturated carbocycles. The second-order valence-electron chi connectivity index (χ2n) is 4.23. The van der Waals surface area contributed by atoms with Gasteiger partial charge < -0.3 is 10.5 Å². The fourth-order valence-corrected chi connectivity index (χ4v) is 1.63. The molecule has 0 aliphatic rings. The van der Waals surface area contributed by atoms with E-state index in [1.807, 2.05) is 25.1 Å². The first-order chi connectivity index (χ1) is 7.00. The van der Waals surface area contributed by atoms with Gasteiger partial charge in [0, 0.05) is 5.54 Å². The minimum atomic E-state index is -0.818. The van der Waals surface area contributed by atoms with Crippen LogP contribution in [0.2, 0.25) is 0 Å². The molecule has 0 amide bonds. The summed E-state index contributed by atoms with van der Waals surface area (Å²) in [4.78, 5) is 0. The highest BCUT2D eigenvalue weighted by Gasteiger charge is 2.21. The van der Waals surface area contributed by atoms with Gasteiger partial charge in [0.1, 0.15) is 12.4 Å². The van der Waals surface area contributed by atoms with Gasteiger partial charge in [-0.15, -0.1) is 0 Å². The van der Waals surface area contributed by atoms with Gasteiger partial charge in [0.25, 0.3) is 0 Å². The average molecular weight is 211 g/mol. The van der Waals surface area contributed by atoms with Crippen LogP contribution in [0.3, 0.4) is 0 Å². The Hall–Kier alpha value is -1.09. The maximum atomic E-state index is 12.6. The van der Waals surface area contributed by atoms with Crippen molar-refractivity contribution in [1.29, 1.82) is 0 Å². The molecule has 1 rings (SSSR count). The van der Waals surface area contributed by atoms with Crippen molar-refractivity contribution in [3.05, 3.63) is 29.3 Å². The topological polar surface area (TPSA) is 35.2 Å². The highest BCUT2D eigenvalue weighted by molar-refractivity contribution is 5.41. The molecule has 0 aliphatic carbocycles. The van der Waals surface area contributed by atoms with Crippen LogP contribution in [0, 0.1) is 6.92 Å². The van der Waals surface area contributed by atoms with Gasteiger partial charge in [-0.05, 0) is 31.4 Å². The molecule has 2 nitrogen and oxygen atoms in total. The van der Waals surface area contributed by atoms with Crippen LogP contribution < -0.4 is 10.5 Å². The van der Waals surface area contributed by atoms with E-state index in [2.05, 4.69) is 0 Å². The molecule has 1 atom stereocenters. The van der Waals surface area contributed by atoms with Crippen molar-refractivity contribution in [2.75, 3.05) is 13.8 Å². The number of para-hydroxylation sites is 1. The smallest absolute Gasteiger partial charge is 0.125 e. The van der Waals surface area contributed by atoms with Gasteiger partial charge >= 0.3 is 0 Å². The average Bonchev–Trinajstić information content (AvgIpc) is 2.18. The molecule has 2 N–H and O–H groups in total. The van der Waals surface area contributed by atoms with Gasteiger partial charge in [-0.1, -0.05) is 18.2 Å². The first kappa shape index (κ1) is 12.0. The van der Waals surface area contributed by atoms with Crippen molar-refractivity contribution >= 4 is 0 Å². The molecule has 1 aromatic carbocycles. The highest BCUT2D eigenvalue weighted by atomic mass is 19.1. The molecule has 1 unspecified atom stereocenters. The molecular weight excluding hydrogens is 193 g/mol. The summed E-state index contributed by atoms with van der Waals surface area (Å²) in [5.41, 5.74) is 6.98. The second-order valence-corrected chi connectivity index (χ2v) is 4.23. The third-order valence-electron chi connectivity index (χ3n) is 2.40. The number of alkyl halides is 1. The summed E-state index contributed by atoms with van der Waals surface area (Å²) in [6.07, 6.45) is 0.481. The molecule has 15 heavy (non-hydrogen) atoms. The van der Waals surface area contributed by atoms with Crippen LogP contribution in [-0.4, -0.2) is 19.3 Å². The van der Waals surface area contributed by atoms with Crippen molar-refractivity contribution in [2.24, 2.45) is 5.73 Å². The summed E-state index contributed by atoms with van der Waals surface area (Å²) in [5, 5.41) is 0. The quantitative estimate of drug-likeness (QED) is 0.829. The first-order valence-electron chi connectivity index (χ1n) is 4.97. The van der Waals surface area contributed by atoms with Crippen molar-refractivity contribution in [3.63, 3.8) is 0 Å². The zero-order valence-corrected chi connectivity index (χ0v) is 9.51. The molecule has 0 fully saturated rings. The third-order valence-corrected chi connectivity index (χ3v) is 2.40. The third kappa shape index (κ3) is 2.93. The van der Waals surface area contributed by atoms with E-state index in [9.17, 15) is 4.39 Å². The predicted octanol–water partition coefficient (Wildman–Crippen LogP) is 2.23. The monoisotopic (exact) mass is 211 g/mol. The molecule has 0 spiro atoms. The van der Waals surface area contributed by atoms with E-state index in [1.54, 1.807) is 14.0 Å². The molecule has 1 aromatic rings. The number of hydrogen-bond acceptors (Lipinski definition) is 2. The van der Waals surface area contributed by atoms with Crippen molar-refractivity contribution < 1.29 is 9.13 Å². The minimum absolute atomic E-state index is 0.481. The molecule has 0 heterocycles. The van der Waals surface area contributed by atoms with E-state index >= 15 is 0 Å². The van der Waals surface area contributed by atoms with E-state index in [0.717, 1.165) is 16.9 Å². The number of methoxy groups -OCH3 is 1. The largest absolute Gasteiger partial charge is 0.496 e. The Morgan fingerprint density at radius 1 is 1.47 bits per heavy atom. The van der Waals surface area contributed by atoms with Gasteiger partial charge in [-0.3, -0.25) is 0 Å². The SMILES string of the molecule is COc1c(C)cccc1CC(C)(N)CF. The Kier molecular flexibility index (Phi) is 3.69. The van der Waals surface area contributed by atoms with E-state index in [1.165, 1.54) is 0 Å². The fraction of sp³-hybridized carbons (Fsp3) is 0.500. The van der Waals surface area contributed by atoms with Gasteiger partial charge in [-0.2, -0.15) is 0 Å². The van der Waals surface area contributed by atoms with Crippen LogP contribution >= 0.6 is 0 Å². The molecule has 0 aliphatic heterocycles. The van der Waals surface area contributed by atoms with Crippen LogP contribution in [0.1, 0.15) is 18.1 Å². The van der Waals surface area contributed by atoms with Crippen molar-refractivity contribution in [3.8, 4) is 5.75 Å². The lowest BCUT2D eigenvalue weighted by Crippen LogP contribution is -2.40. The molecule has 3 heteroatoms. The Morgan fingerprint density at radius 3 is 2.67 bits per heavy atom. The zero-order chi connectivity index (χ0) is 11.5. The fourth-order valence-electron chi connectivity index (χ4n) is 1.63. The van der Waals surface area contributed by atoms with E-state index < -0.39 is 12.2 Å². The maximum absolute atomic E-state index is 12.6. The summed E-state index contributed by atoms with van der Waals surface area (Å²) in [7, 11) is 1.62. The number of rotatable bonds is 4. The standard InChI is InChI=1S/C12H18FNO/c1-9-5-4-6-10(11(9)15-3)7-12(2,14)8-13/h4-6H,7-8,14H2,1-3H3. The number of nitrogens with two attached hydrogens (primary N) is 1. The van der Waals surface area contributed by atoms with Gasteiger partial charge in [0.05, 0.1) is 7.11 Å². The molecule has 0 radical (unpaired) electrons. The highest BCUT2D eigenvalue weighted by Crippen LogP contribution is 2.26. The lowest BCUT2D eigenvalue weighted by molar-refractivity contribution is 0.321. The number of hydrogen-bond donors (Lipinski definition) is 1. The van der Waals surface area contributed by atoms with Gasteiger partial charge in [0.15, 0.2) is 0 Å². The maximum Gasteiger partial charge on any atom is 0.125 e. The Balaban J connectivity index is 2.99. The molecule has 0 bridgehead atoms. The van der Waals surface area contributed by atoms with Crippen molar-refractivity contribution in [2.45, 2.75) is 25.8 Å². The summed E-state index contributed by atoms with van der Waals surface area (Å²) < 4.78 is 17.9. The van der Waals surface area contributed by atoms with Crippen LogP contribution in [0.4, 0.5) is 4.39 Å². The summed E-state index contributed by atoms with van der Waals surface area (Å²) in [6.45, 7) is 3.13. The number of aryl methyl sites for hydroxylation is 1. The van der Waals surface area contributed by atoms with Gasteiger partial charge in [0.2, 0.25) is 0 Å². The zero-order valence-electron chi connectivity index (χ0n) is 9.51. The molecule has 0 aromatic heterocycles. The van der Waals surface area contributed by atoms with Crippen LogP contribution in [0.5, 0.6) is 5.75 Å². The number of benzene rings is 1. The van der Waals surface area contributed by atoms with E-state index in [-0.39, 0.29) is 0 Å². The Labute approximate surface area is 90.2 Å². The summed E-state index contributed by atoms with van der Waals surface area (Å²) in [6, 6.07) is 5.82. The Bertz CT molecular complexity index is 336. The van der Waals surface area contributed by atoms with Crippen molar-refractivity contribution in [1.82, 2.24) is 0 Å². The van der Waals surface area contributed by atoms with Crippen LogP contribution in [0.15, 0.2) is 18.2 Å². The van der Waals surface area contributed by atoms with Gasteiger partial charge in [-0.25, -0.2) is 4.39 Å². The second kappa shape index (κ2) is 4.62. The van der Waals surface area contributed by atoms with Crippen LogP contribution in [0.25, 0.3) is 0 Å². The number of halogens is 1.